The molecule has 0 aliphatic rings. The zero-order valence-electron chi connectivity index (χ0n) is 11.8. The first kappa shape index (κ1) is 13.7. The molecule has 0 spiro atoms. The summed E-state index contributed by atoms with van der Waals surface area (Å²) in [6.45, 7) is 0. The Morgan fingerprint density at radius 3 is 2.55 bits per heavy atom. The van der Waals surface area contributed by atoms with Crippen LogP contribution in [0, 0.1) is 11.3 Å². The lowest BCUT2D eigenvalue weighted by Crippen LogP contribution is -1.95. The molecule has 5 heteroatoms. The number of methoxy groups -OCH3 is 1. The summed E-state index contributed by atoms with van der Waals surface area (Å²) in [7, 11) is 1.58. The van der Waals surface area contributed by atoms with Crippen molar-refractivity contribution in [2.45, 2.75) is 0 Å². The molecule has 1 aromatic carbocycles. The van der Waals surface area contributed by atoms with Gasteiger partial charge in [0.1, 0.15) is 11.8 Å². The van der Waals surface area contributed by atoms with E-state index in [4.69, 9.17) is 9.84 Å². The minimum atomic E-state index is -0.964. The molecule has 2 heterocycles. The SMILES string of the molecule is COc1ccn2c(-c3ccc(C(=O)O)cc3)cc(C#N)c2c1. The van der Waals surface area contributed by atoms with Gasteiger partial charge < -0.3 is 14.2 Å². The van der Waals surface area contributed by atoms with Crippen molar-refractivity contribution in [1.82, 2.24) is 4.40 Å². The standard InChI is InChI=1S/C17H12N2O3/c1-22-14-6-7-19-15(8-13(10-18)16(19)9-14)11-2-4-12(5-3-11)17(20)21/h2-9H,1H3,(H,20,21). The molecule has 0 saturated heterocycles. The van der Waals surface area contributed by atoms with Crippen molar-refractivity contribution in [3.63, 3.8) is 0 Å². The molecule has 22 heavy (non-hydrogen) atoms. The molecule has 3 aromatic rings. The highest BCUT2D eigenvalue weighted by atomic mass is 16.5. The Morgan fingerprint density at radius 2 is 1.95 bits per heavy atom. The van der Waals surface area contributed by atoms with E-state index >= 15 is 0 Å². The lowest BCUT2D eigenvalue weighted by Gasteiger charge is -2.05. The summed E-state index contributed by atoms with van der Waals surface area (Å²) >= 11 is 0. The largest absolute Gasteiger partial charge is 0.497 e. The number of nitriles is 1. The summed E-state index contributed by atoms with van der Waals surface area (Å²) in [6.07, 6.45) is 1.83. The van der Waals surface area contributed by atoms with E-state index in [0.29, 0.717) is 11.3 Å². The van der Waals surface area contributed by atoms with E-state index < -0.39 is 5.97 Å². The Kier molecular flexibility index (Phi) is 3.28. The van der Waals surface area contributed by atoms with E-state index in [1.165, 1.54) is 0 Å². The summed E-state index contributed by atoms with van der Waals surface area (Å²) in [6, 6.07) is 14.1. The number of fused-ring (bicyclic) bond motifs is 1. The van der Waals surface area contributed by atoms with Gasteiger partial charge >= 0.3 is 5.97 Å². The third kappa shape index (κ3) is 2.17. The summed E-state index contributed by atoms with van der Waals surface area (Å²) < 4.78 is 7.08. The van der Waals surface area contributed by atoms with Crippen LogP contribution in [0.4, 0.5) is 0 Å². The van der Waals surface area contributed by atoms with Crippen LogP contribution in [0.15, 0.2) is 48.7 Å². The maximum Gasteiger partial charge on any atom is 0.335 e. The predicted molar refractivity (Wildman–Crippen MR) is 81.1 cm³/mol. The number of rotatable bonds is 3. The highest BCUT2D eigenvalue weighted by molar-refractivity contribution is 5.88. The van der Waals surface area contributed by atoms with Gasteiger partial charge in [-0.1, -0.05) is 12.1 Å². The summed E-state index contributed by atoms with van der Waals surface area (Å²) in [4.78, 5) is 10.9. The van der Waals surface area contributed by atoms with Crippen molar-refractivity contribution in [2.24, 2.45) is 0 Å². The third-order valence-electron chi connectivity index (χ3n) is 3.53. The van der Waals surface area contributed by atoms with Gasteiger partial charge in [0.15, 0.2) is 0 Å². The van der Waals surface area contributed by atoms with E-state index in [2.05, 4.69) is 6.07 Å². The molecule has 0 radical (unpaired) electrons. The zero-order valence-corrected chi connectivity index (χ0v) is 11.8. The fraction of sp³-hybridized carbons (Fsp3) is 0.0588. The molecule has 0 amide bonds. The number of ether oxygens (including phenoxy) is 1. The van der Waals surface area contributed by atoms with Crippen LogP contribution < -0.4 is 4.74 Å². The fourth-order valence-corrected chi connectivity index (χ4v) is 2.40. The Balaban J connectivity index is 2.19. The maximum absolute atomic E-state index is 10.9. The van der Waals surface area contributed by atoms with Gasteiger partial charge in [-0.25, -0.2) is 4.79 Å². The van der Waals surface area contributed by atoms with Crippen molar-refractivity contribution in [3.05, 3.63) is 59.8 Å². The number of benzene rings is 1. The van der Waals surface area contributed by atoms with E-state index in [-0.39, 0.29) is 5.56 Å². The van der Waals surface area contributed by atoms with Crippen LogP contribution in [-0.2, 0) is 0 Å². The molecule has 1 N–H and O–H groups in total. The van der Waals surface area contributed by atoms with E-state index in [1.807, 2.05) is 16.7 Å². The van der Waals surface area contributed by atoms with Crippen molar-refractivity contribution < 1.29 is 14.6 Å². The van der Waals surface area contributed by atoms with Crippen LogP contribution in [0.2, 0.25) is 0 Å². The van der Waals surface area contributed by atoms with E-state index in [9.17, 15) is 10.1 Å². The van der Waals surface area contributed by atoms with Crippen molar-refractivity contribution in [2.75, 3.05) is 7.11 Å². The summed E-state index contributed by atoms with van der Waals surface area (Å²) in [5.74, 6) is -0.288. The molecule has 2 aromatic heterocycles. The number of nitrogens with zero attached hydrogens (tertiary/aromatic N) is 2. The number of carbonyl (C=O) groups is 1. The first-order valence-corrected chi connectivity index (χ1v) is 6.57. The van der Waals surface area contributed by atoms with Crippen molar-refractivity contribution in [3.8, 4) is 23.1 Å². The summed E-state index contributed by atoms with van der Waals surface area (Å²) in [5, 5.41) is 18.3. The second-order valence-electron chi connectivity index (χ2n) is 4.76. The smallest absolute Gasteiger partial charge is 0.335 e. The number of aromatic carboxylic acids is 1. The second-order valence-corrected chi connectivity index (χ2v) is 4.76. The van der Waals surface area contributed by atoms with Gasteiger partial charge in [-0.2, -0.15) is 5.26 Å². The van der Waals surface area contributed by atoms with Crippen LogP contribution in [0.1, 0.15) is 15.9 Å². The minimum Gasteiger partial charge on any atom is -0.497 e. The summed E-state index contributed by atoms with van der Waals surface area (Å²) in [5.41, 5.74) is 3.18. The van der Waals surface area contributed by atoms with Gasteiger partial charge in [-0.05, 0) is 29.8 Å². The maximum atomic E-state index is 10.9. The molecule has 0 aliphatic carbocycles. The number of carboxylic acid groups (broad SMARTS) is 1. The quantitative estimate of drug-likeness (QED) is 0.804. The zero-order chi connectivity index (χ0) is 15.7. The number of pyridine rings is 1. The minimum absolute atomic E-state index is 0.229. The number of aromatic nitrogens is 1. The Morgan fingerprint density at radius 1 is 1.23 bits per heavy atom. The molecule has 5 nitrogen and oxygen atoms in total. The van der Waals surface area contributed by atoms with E-state index in [1.54, 1.807) is 43.5 Å². The van der Waals surface area contributed by atoms with Crippen LogP contribution in [0.5, 0.6) is 5.75 Å². The Hall–Kier alpha value is -3.26. The topological polar surface area (TPSA) is 74.7 Å². The van der Waals surface area contributed by atoms with E-state index in [0.717, 1.165) is 16.8 Å². The highest BCUT2D eigenvalue weighted by Crippen LogP contribution is 2.28. The third-order valence-corrected chi connectivity index (χ3v) is 3.53. The van der Waals surface area contributed by atoms with Gasteiger partial charge in [0.2, 0.25) is 0 Å². The molecule has 0 aliphatic heterocycles. The Bertz CT molecular complexity index is 902. The van der Waals surface area contributed by atoms with Gasteiger partial charge in [0.05, 0.1) is 29.4 Å². The van der Waals surface area contributed by atoms with Crippen LogP contribution in [0.25, 0.3) is 16.8 Å². The van der Waals surface area contributed by atoms with Gasteiger partial charge in [-0.15, -0.1) is 0 Å². The van der Waals surface area contributed by atoms with Crippen molar-refractivity contribution >= 4 is 11.5 Å². The van der Waals surface area contributed by atoms with Gasteiger partial charge in [0, 0.05) is 12.3 Å². The average molecular weight is 292 g/mol. The molecular weight excluding hydrogens is 280 g/mol. The van der Waals surface area contributed by atoms with Crippen LogP contribution in [0.3, 0.4) is 0 Å². The molecule has 0 fully saturated rings. The molecule has 108 valence electrons. The van der Waals surface area contributed by atoms with Crippen molar-refractivity contribution in [1.29, 1.82) is 5.26 Å². The second kappa shape index (κ2) is 5.26. The van der Waals surface area contributed by atoms with Crippen LogP contribution in [-0.4, -0.2) is 22.6 Å². The Labute approximate surface area is 126 Å². The lowest BCUT2D eigenvalue weighted by molar-refractivity contribution is 0.0697. The fourth-order valence-electron chi connectivity index (χ4n) is 2.40. The number of hydrogen-bond acceptors (Lipinski definition) is 3. The van der Waals surface area contributed by atoms with Gasteiger partial charge in [-0.3, -0.25) is 0 Å². The number of carboxylic acids is 1. The monoisotopic (exact) mass is 292 g/mol. The number of hydrogen-bond donors (Lipinski definition) is 1. The predicted octanol–water partition coefficient (Wildman–Crippen LogP) is 3.18. The highest BCUT2D eigenvalue weighted by Gasteiger charge is 2.12. The molecule has 3 rings (SSSR count). The lowest BCUT2D eigenvalue weighted by atomic mass is 10.1. The van der Waals surface area contributed by atoms with Gasteiger partial charge in [0.25, 0.3) is 0 Å². The first-order valence-electron chi connectivity index (χ1n) is 6.57. The molecule has 0 bridgehead atoms. The van der Waals surface area contributed by atoms with Crippen LogP contribution >= 0.6 is 0 Å². The molecular formula is C17H12N2O3. The molecule has 0 saturated carbocycles. The first-order chi connectivity index (χ1) is 10.6. The average Bonchev–Trinajstić information content (AvgIpc) is 2.92. The molecule has 0 unspecified atom stereocenters. The molecule has 0 atom stereocenters. The normalized spacial score (nSPS) is 10.4.